The molecule has 0 aromatic carbocycles. The molecule has 0 aliphatic carbocycles. The van der Waals surface area contributed by atoms with Gasteiger partial charge in [-0.05, 0) is 6.42 Å². The summed E-state index contributed by atoms with van der Waals surface area (Å²) in [5.74, 6) is -2.15. The number of nitrogens with one attached hydrogen (secondary N) is 1. The number of amides is 1. The summed E-state index contributed by atoms with van der Waals surface area (Å²) < 4.78 is 0. The van der Waals surface area contributed by atoms with Crippen LogP contribution in [0.2, 0.25) is 0 Å². The molecule has 0 bridgehead atoms. The molecule has 0 spiro atoms. The zero-order valence-electron chi connectivity index (χ0n) is 11.3. The Morgan fingerprint density at radius 1 is 1.00 bits per heavy atom. The number of hydrogen-bond donors (Lipinski definition) is 4. The maximum absolute atomic E-state index is 9.76. The van der Waals surface area contributed by atoms with Gasteiger partial charge in [0.05, 0.1) is 12.8 Å². The molecule has 0 aromatic heterocycles. The van der Waals surface area contributed by atoms with Crippen molar-refractivity contribution >= 4 is 36.9 Å². The van der Waals surface area contributed by atoms with Crippen LogP contribution in [0.4, 0.5) is 4.79 Å². The molecular formula is C9H21Cl2N3O6Pt. The molecule has 0 aliphatic heterocycles. The summed E-state index contributed by atoms with van der Waals surface area (Å²) in [6.07, 6.45) is 0.426. The molecular weight excluding hydrogens is 512 g/mol. The smallest absolute Gasteiger partial charge is 0.693 e. The summed E-state index contributed by atoms with van der Waals surface area (Å²) in [4.78, 5) is 29.0. The van der Waals surface area contributed by atoms with Crippen molar-refractivity contribution in [3.8, 4) is 0 Å². The molecule has 0 radical (unpaired) electrons. The third-order valence-corrected chi connectivity index (χ3v) is 1.36. The van der Waals surface area contributed by atoms with Crippen molar-refractivity contribution in [1.29, 1.82) is 0 Å². The fourth-order valence-corrected chi connectivity index (χ4v) is 0.586. The molecule has 0 saturated heterocycles. The molecule has 0 rings (SSSR count). The minimum Gasteiger partial charge on any atom is -0.693 e. The van der Waals surface area contributed by atoms with Crippen molar-refractivity contribution in [2.75, 3.05) is 6.54 Å². The number of carboxylic acid groups (broad SMARTS) is 3. The van der Waals surface area contributed by atoms with Gasteiger partial charge < -0.3 is 32.9 Å². The van der Waals surface area contributed by atoms with Crippen LogP contribution in [-0.2, 0) is 26.1 Å². The van der Waals surface area contributed by atoms with Crippen molar-refractivity contribution in [1.82, 2.24) is 5.32 Å². The minimum absolute atomic E-state index is 0. The van der Waals surface area contributed by atoms with Crippen molar-refractivity contribution in [2.45, 2.75) is 32.6 Å². The molecule has 0 fully saturated rings. The van der Waals surface area contributed by atoms with Gasteiger partial charge in [0.2, 0.25) is 0 Å². The Morgan fingerprint density at radius 2 is 1.33 bits per heavy atom. The third kappa shape index (κ3) is 66.5. The zero-order valence-corrected chi connectivity index (χ0v) is 15.1. The average molecular weight is 533 g/mol. The predicted molar refractivity (Wildman–Crippen MR) is 77.7 cm³/mol. The van der Waals surface area contributed by atoms with E-state index in [1.54, 1.807) is 0 Å². The Kier molecular flexibility index (Phi) is 42.7. The van der Waals surface area contributed by atoms with E-state index < -0.39 is 34.5 Å². The molecule has 0 aromatic rings. The van der Waals surface area contributed by atoms with Crippen LogP contribution in [0.3, 0.4) is 0 Å². The van der Waals surface area contributed by atoms with E-state index in [1.807, 2.05) is 6.92 Å². The molecule has 12 heteroatoms. The van der Waals surface area contributed by atoms with Gasteiger partial charge in [0.15, 0.2) is 0 Å². The number of nitrogens with two attached hydrogens (primary N) is 2. The SMILES string of the molecule is CCCCNC(=O)O.O=C(O)CCC(=O)O.[Cl][Pt+2][Cl].[NH2-].[NH2-]. The van der Waals surface area contributed by atoms with Gasteiger partial charge in [-0.1, -0.05) is 13.3 Å². The van der Waals surface area contributed by atoms with Gasteiger partial charge in [-0.2, -0.15) is 0 Å². The summed E-state index contributed by atoms with van der Waals surface area (Å²) in [5.41, 5.74) is 0. The normalized spacial score (nSPS) is 7.57. The largest absolute Gasteiger partial charge is 0.693 e. The van der Waals surface area contributed by atoms with Crippen molar-refractivity contribution in [2.24, 2.45) is 0 Å². The van der Waals surface area contributed by atoms with E-state index in [4.69, 9.17) is 34.2 Å². The second kappa shape index (κ2) is 27.7. The maximum atomic E-state index is 9.76. The number of halogens is 2. The summed E-state index contributed by atoms with van der Waals surface area (Å²) in [7, 11) is 9.75. The third-order valence-electron chi connectivity index (χ3n) is 1.36. The standard InChI is InChI=1S/C5H11NO2.C4H6O4.2ClH.2H2N.Pt/c1-2-3-4-6-5(7)8;5-3(6)1-2-4(7)8;;;;;/h6H,2-4H2,1H3,(H,7,8);1-2H2,(H,5,6)(H,7,8);2*1H;2*1H2;/q;;;;2*-1;+4/p-2. The summed E-state index contributed by atoms with van der Waals surface area (Å²) in [5, 5.41) is 26.1. The van der Waals surface area contributed by atoms with E-state index in [-0.39, 0.29) is 25.1 Å². The van der Waals surface area contributed by atoms with Crippen LogP contribution < -0.4 is 5.32 Å². The molecule has 0 heterocycles. The summed E-state index contributed by atoms with van der Waals surface area (Å²) in [6, 6.07) is 0. The van der Waals surface area contributed by atoms with Crippen LogP contribution in [0.1, 0.15) is 32.6 Å². The fraction of sp³-hybridized carbons (Fsp3) is 0.667. The first-order chi connectivity index (χ1) is 8.81. The van der Waals surface area contributed by atoms with Crippen molar-refractivity contribution in [3.05, 3.63) is 12.3 Å². The number of carboxylic acids is 2. The number of hydrogen-bond acceptors (Lipinski definition) is 3. The van der Waals surface area contributed by atoms with Crippen LogP contribution >= 0.6 is 18.8 Å². The van der Waals surface area contributed by atoms with Crippen molar-refractivity contribution in [3.63, 3.8) is 0 Å². The van der Waals surface area contributed by atoms with Crippen LogP contribution in [0.25, 0.3) is 12.3 Å². The molecule has 0 unspecified atom stereocenters. The van der Waals surface area contributed by atoms with Crippen LogP contribution in [0.15, 0.2) is 0 Å². The first-order valence-corrected chi connectivity index (χ1v) is 10.7. The molecule has 0 atom stereocenters. The van der Waals surface area contributed by atoms with Crippen molar-refractivity contribution < 1.29 is 46.2 Å². The maximum Gasteiger partial charge on any atom is -0.693 e. The molecule has 0 saturated carbocycles. The van der Waals surface area contributed by atoms with Gasteiger partial charge in [0.25, 0.3) is 0 Å². The second-order valence-corrected chi connectivity index (χ2v) is 6.20. The monoisotopic (exact) mass is 532 g/mol. The second-order valence-electron chi connectivity index (χ2n) is 2.92. The topological polar surface area (TPSA) is 191 Å². The Bertz CT molecular complexity index is 248. The molecule has 9 nitrogen and oxygen atoms in total. The summed E-state index contributed by atoms with van der Waals surface area (Å²) >= 11 is -0.472. The average Bonchev–Trinajstić information content (AvgIpc) is 2.28. The van der Waals surface area contributed by atoms with E-state index in [0.717, 1.165) is 12.8 Å². The van der Waals surface area contributed by atoms with E-state index in [2.05, 4.69) is 5.32 Å². The van der Waals surface area contributed by atoms with Gasteiger partial charge >= 0.3 is 53.3 Å². The van der Waals surface area contributed by atoms with Gasteiger partial charge in [-0.15, -0.1) is 0 Å². The number of carbonyl (C=O) groups is 3. The first kappa shape index (κ1) is 32.4. The van der Waals surface area contributed by atoms with Crippen LogP contribution in [0.5, 0.6) is 0 Å². The van der Waals surface area contributed by atoms with Gasteiger partial charge in [-0.25, -0.2) is 4.79 Å². The fourth-order valence-electron chi connectivity index (χ4n) is 0.586. The Morgan fingerprint density at radius 3 is 1.52 bits per heavy atom. The first-order valence-electron chi connectivity index (χ1n) is 5.04. The predicted octanol–water partition coefficient (Wildman–Crippen LogP) is 3.80. The van der Waals surface area contributed by atoms with Gasteiger partial charge in [0.1, 0.15) is 0 Å². The van der Waals surface area contributed by atoms with E-state index in [0.29, 0.717) is 6.54 Å². The molecule has 0 aliphatic rings. The van der Waals surface area contributed by atoms with Crippen LogP contribution in [-0.4, -0.2) is 39.9 Å². The van der Waals surface area contributed by atoms with E-state index in [1.165, 1.54) is 0 Å². The quantitative estimate of drug-likeness (QED) is 0.375. The molecule has 132 valence electrons. The van der Waals surface area contributed by atoms with E-state index >= 15 is 0 Å². The number of rotatable bonds is 6. The number of aliphatic carboxylic acids is 2. The minimum atomic E-state index is -1.08. The van der Waals surface area contributed by atoms with Gasteiger partial charge in [0, 0.05) is 6.54 Å². The summed E-state index contributed by atoms with van der Waals surface area (Å²) in [6.45, 7) is 2.59. The van der Waals surface area contributed by atoms with Crippen LogP contribution in [0, 0.1) is 0 Å². The Hall–Kier alpha value is -0.602. The molecule has 1 amide bonds. The Labute approximate surface area is 139 Å². The molecule has 21 heavy (non-hydrogen) atoms. The zero-order chi connectivity index (χ0) is 15.7. The van der Waals surface area contributed by atoms with E-state index in [9.17, 15) is 14.4 Å². The Balaban J connectivity index is -0.0000000634. The molecule has 8 N–H and O–H groups in total. The van der Waals surface area contributed by atoms with Gasteiger partial charge in [-0.3, -0.25) is 9.59 Å². The number of unbranched alkanes of at least 4 members (excludes halogenated alkanes) is 1.